The number of hydrogen-bond donors (Lipinski definition) is 0. The van der Waals surface area contributed by atoms with Gasteiger partial charge in [-0.05, 0) is 0 Å². The van der Waals surface area contributed by atoms with E-state index in [4.69, 9.17) is 30.6 Å². The second kappa shape index (κ2) is 146. The summed E-state index contributed by atoms with van der Waals surface area (Å²) in [6.07, 6.45) is 0. The Bertz CT molecular complexity index is 43.4. The van der Waals surface area contributed by atoms with Gasteiger partial charge in [-0.15, -0.1) is 39.6 Å². The van der Waals surface area contributed by atoms with Gasteiger partial charge in [-0.1, -0.05) is 41.5 Å². The molecule has 0 fully saturated rings. The van der Waals surface area contributed by atoms with Crippen LogP contribution in [0.5, 0.6) is 0 Å². The third kappa shape index (κ3) is 5190. The SMILES string of the molecule is CC[O-].CC[O-].CC[O-].CC[O-].CC[O-].CC[O-].[Li+].[Ta+5]. The molecule has 0 amide bonds. The van der Waals surface area contributed by atoms with Gasteiger partial charge in [0.15, 0.2) is 0 Å². The molecular weight excluding hydrogens is 428 g/mol. The van der Waals surface area contributed by atoms with E-state index in [9.17, 15) is 0 Å². The first-order valence-corrected chi connectivity index (χ1v) is 5.97. The third-order valence-corrected chi connectivity index (χ3v) is 0. The van der Waals surface area contributed by atoms with Crippen LogP contribution >= 0.6 is 0 Å². The van der Waals surface area contributed by atoms with Crippen molar-refractivity contribution in [1.82, 2.24) is 0 Å². The molecule has 0 aliphatic heterocycles. The molecule has 6 nitrogen and oxygen atoms in total. The maximum Gasteiger partial charge on any atom is 5.00 e. The summed E-state index contributed by atoms with van der Waals surface area (Å²) in [4.78, 5) is 0. The largest absolute Gasteiger partial charge is 5.00 e. The molecule has 0 aliphatic rings. The Morgan fingerprint density at radius 1 is 0.400 bits per heavy atom. The fourth-order valence-corrected chi connectivity index (χ4v) is 0. The van der Waals surface area contributed by atoms with Crippen molar-refractivity contribution in [2.24, 2.45) is 0 Å². The normalized spacial score (nSPS) is 5.40. The molecule has 0 saturated heterocycles. The first kappa shape index (κ1) is 49.7. The minimum atomic E-state index is 0. The van der Waals surface area contributed by atoms with Crippen LogP contribution in [0.3, 0.4) is 0 Å². The van der Waals surface area contributed by atoms with Crippen LogP contribution < -0.4 is 49.5 Å². The minimum absolute atomic E-state index is 0. The van der Waals surface area contributed by atoms with E-state index in [1.165, 1.54) is 0 Å². The van der Waals surface area contributed by atoms with Crippen molar-refractivity contribution in [3.05, 3.63) is 0 Å². The molecule has 0 aliphatic carbocycles. The molecule has 0 radical (unpaired) electrons. The minimum Gasteiger partial charge on any atom is -0.855 e. The molecule has 0 atom stereocenters. The van der Waals surface area contributed by atoms with Crippen molar-refractivity contribution in [1.29, 1.82) is 0 Å². The van der Waals surface area contributed by atoms with E-state index in [2.05, 4.69) is 0 Å². The van der Waals surface area contributed by atoms with Crippen LogP contribution in [0.1, 0.15) is 41.5 Å². The van der Waals surface area contributed by atoms with Crippen molar-refractivity contribution in [3.8, 4) is 0 Å². The Morgan fingerprint density at radius 3 is 0.400 bits per heavy atom. The molecule has 0 saturated carbocycles. The topological polar surface area (TPSA) is 138 Å². The van der Waals surface area contributed by atoms with Gasteiger partial charge < -0.3 is 30.6 Å². The summed E-state index contributed by atoms with van der Waals surface area (Å²) in [5.74, 6) is 0. The smallest absolute Gasteiger partial charge is 0.855 e. The van der Waals surface area contributed by atoms with Gasteiger partial charge in [-0.3, -0.25) is 0 Å². The van der Waals surface area contributed by atoms with Gasteiger partial charge in [0.1, 0.15) is 0 Å². The molecule has 8 heteroatoms. The molecule has 0 bridgehead atoms. The van der Waals surface area contributed by atoms with Gasteiger partial charge in [0, 0.05) is 0 Å². The molecule has 0 N–H and O–H groups in total. The molecule has 0 unspecified atom stereocenters. The second-order valence-electron chi connectivity index (χ2n) is 1.73. The van der Waals surface area contributed by atoms with Gasteiger partial charge >= 0.3 is 41.2 Å². The molecule has 0 aromatic heterocycles. The first-order valence-electron chi connectivity index (χ1n) is 5.97. The van der Waals surface area contributed by atoms with Gasteiger partial charge in [0.2, 0.25) is 0 Å². The standard InChI is InChI=1S/6C2H5O.Li.Ta/c6*1-2-3;;/h6*2H2,1H3;;/q6*-1;+1;+5. The van der Waals surface area contributed by atoms with Crippen LogP contribution in [-0.4, -0.2) is 39.6 Å². The summed E-state index contributed by atoms with van der Waals surface area (Å²) in [6.45, 7) is 9.42. The molecule has 0 rings (SSSR count). The van der Waals surface area contributed by atoms with Crippen LogP contribution in [-0.2, 0) is 22.4 Å². The van der Waals surface area contributed by atoms with E-state index in [1.54, 1.807) is 41.5 Å². The van der Waals surface area contributed by atoms with Crippen LogP contribution in [0.2, 0.25) is 0 Å². The van der Waals surface area contributed by atoms with E-state index in [1.807, 2.05) is 0 Å². The summed E-state index contributed by atoms with van der Waals surface area (Å²) in [6, 6.07) is 0. The van der Waals surface area contributed by atoms with Crippen molar-refractivity contribution in [3.63, 3.8) is 0 Å². The van der Waals surface area contributed by atoms with E-state index in [0.29, 0.717) is 0 Å². The van der Waals surface area contributed by atoms with Gasteiger partial charge in [-0.2, -0.15) is 0 Å². The zero-order valence-corrected chi connectivity index (χ0v) is 17.4. The van der Waals surface area contributed by atoms with Gasteiger partial charge in [0.05, 0.1) is 0 Å². The fourth-order valence-electron chi connectivity index (χ4n) is 0. The predicted molar refractivity (Wildman–Crippen MR) is 63.2 cm³/mol. The summed E-state index contributed by atoms with van der Waals surface area (Å²) in [7, 11) is 0. The van der Waals surface area contributed by atoms with Crippen molar-refractivity contribution in [2.75, 3.05) is 39.6 Å². The second-order valence-corrected chi connectivity index (χ2v) is 1.73. The molecule has 20 heavy (non-hydrogen) atoms. The van der Waals surface area contributed by atoms with Gasteiger partial charge in [0.25, 0.3) is 0 Å². The molecule has 0 spiro atoms. The maximum absolute atomic E-state index is 8.93. The third-order valence-electron chi connectivity index (χ3n) is 0. The van der Waals surface area contributed by atoms with Crippen LogP contribution in [0.15, 0.2) is 0 Å². The Morgan fingerprint density at radius 2 is 0.400 bits per heavy atom. The molecule has 120 valence electrons. The van der Waals surface area contributed by atoms with E-state index in [0.717, 1.165) is 0 Å². The van der Waals surface area contributed by atoms with E-state index in [-0.39, 0.29) is 80.9 Å². The predicted octanol–water partition coefficient (Wildman–Crippen LogP) is -6.80. The average molecular weight is 458 g/mol. The molecule has 0 aromatic rings. The Labute approximate surface area is 152 Å². The Kier molecular flexibility index (Phi) is 361. The van der Waals surface area contributed by atoms with Crippen molar-refractivity contribution >= 4 is 0 Å². The van der Waals surface area contributed by atoms with Crippen molar-refractivity contribution < 1.29 is 71.9 Å². The van der Waals surface area contributed by atoms with Crippen molar-refractivity contribution in [2.45, 2.75) is 41.5 Å². The van der Waals surface area contributed by atoms with Crippen LogP contribution in [0.4, 0.5) is 0 Å². The summed E-state index contributed by atoms with van der Waals surface area (Å²) in [5.41, 5.74) is 0. The Balaban J connectivity index is -0.0000000141. The summed E-state index contributed by atoms with van der Waals surface area (Å²) in [5, 5.41) is 53.6. The van der Waals surface area contributed by atoms with E-state index >= 15 is 0 Å². The number of hydrogen-bond acceptors (Lipinski definition) is 6. The van der Waals surface area contributed by atoms with Gasteiger partial charge in [-0.25, -0.2) is 0 Å². The van der Waals surface area contributed by atoms with Crippen LogP contribution in [0, 0.1) is 0 Å². The number of rotatable bonds is 0. The average Bonchev–Trinajstić information content (AvgIpc) is 2.23. The molecule has 0 heterocycles. The molecule has 0 aromatic carbocycles. The van der Waals surface area contributed by atoms with E-state index < -0.39 is 0 Å². The zero-order chi connectivity index (χ0) is 16.2. The summed E-state index contributed by atoms with van der Waals surface area (Å²) < 4.78 is 0. The fraction of sp³-hybridized carbons (Fsp3) is 1.00. The Hall–Kier alpha value is 1.10. The summed E-state index contributed by atoms with van der Waals surface area (Å²) >= 11 is 0. The molecular formula is C12H30LiO6Ta. The zero-order valence-electron chi connectivity index (χ0n) is 14.1. The maximum atomic E-state index is 8.93. The van der Waals surface area contributed by atoms with Crippen LogP contribution in [0.25, 0.3) is 0 Å². The monoisotopic (exact) mass is 458 g/mol. The first-order chi connectivity index (χ1) is 8.49. The quantitative estimate of drug-likeness (QED) is 0.331.